The van der Waals surface area contributed by atoms with E-state index >= 15 is 0 Å². The first kappa shape index (κ1) is 20.3. The second-order valence-electron chi connectivity index (χ2n) is 5.88. The van der Waals surface area contributed by atoms with Gasteiger partial charge < -0.3 is 10.1 Å². The number of ether oxygens (including phenoxy) is 1. The maximum Gasteiger partial charge on any atom is 0.306 e. The van der Waals surface area contributed by atoms with Gasteiger partial charge in [-0.25, -0.2) is 0 Å². The highest BCUT2D eigenvalue weighted by atomic mass is 35.5. The van der Waals surface area contributed by atoms with Crippen LogP contribution in [0.3, 0.4) is 0 Å². The maximum atomic E-state index is 12.0. The quantitative estimate of drug-likeness (QED) is 0.390. The van der Waals surface area contributed by atoms with Gasteiger partial charge in [0.1, 0.15) is 0 Å². The highest BCUT2D eigenvalue weighted by Crippen LogP contribution is 2.21. The van der Waals surface area contributed by atoms with Crippen molar-refractivity contribution in [3.8, 4) is 0 Å². The number of rotatable bonds is 8. The van der Waals surface area contributed by atoms with Crippen molar-refractivity contribution in [2.75, 3.05) is 17.7 Å². The van der Waals surface area contributed by atoms with Crippen LogP contribution in [0.5, 0.6) is 0 Å². The Morgan fingerprint density at radius 3 is 2.38 bits per heavy atom. The lowest BCUT2D eigenvalue weighted by atomic mass is 10.1. The Kier molecular flexibility index (Phi) is 8.01. The number of anilines is 1. The number of carbonyl (C=O) groups excluding carboxylic acids is 2. The second kappa shape index (κ2) is 10.2. The molecule has 138 valence electrons. The molecule has 0 saturated heterocycles. The lowest BCUT2D eigenvalue weighted by Crippen LogP contribution is -2.21. The van der Waals surface area contributed by atoms with E-state index in [0.29, 0.717) is 11.4 Å². The lowest BCUT2D eigenvalue weighted by molar-refractivity contribution is -0.147. The molecule has 0 fully saturated rings. The number of nitrogens with one attached hydrogen (secondary N) is 1. The number of hydrogen-bond donors (Lipinski definition) is 1. The molecule has 0 saturated carbocycles. The molecule has 0 aliphatic rings. The van der Waals surface area contributed by atoms with Gasteiger partial charge in [0.15, 0.2) is 6.61 Å². The summed E-state index contributed by atoms with van der Waals surface area (Å²) in [6.07, 6.45) is 0.974. The summed E-state index contributed by atoms with van der Waals surface area (Å²) >= 11 is 7.49. The molecule has 4 nitrogen and oxygen atoms in total. The molecule has 2 aromatic carbocycles. The van der Waals surface area contributed by atoms with Crippen LogP contribution in [0.25, 0.3) is 0 Å². The molecule has 2 aromatic rings. The van der Waals surface area contributed by atoms with Crippen LogP contribution in [-0.2, 0) is 14.3 Å². The number of para-hydroxylation sites is 1. The first-order valence-corrected chi connectivity index (χ1v) is 9.72. The Morgan fingerprint density at radius 1 is 1.08 bits per heavy atom. The zero-order chi connectivity index (χ0) is 18.9. The van der Waals surface area contributed by atoms with Gasteiger partial charge in [-0.2, -0.15) is 0 Å². The van der Waals surface area contributed by atoms with Gasteiger partial charge in [-0.05, 0) is 61.4 Å². The SMILES string of the molecule is Cc1cccc(C)c1NC(=O)COC(=O)CCCSc1ccc(Cl)cc1. The highest BCUT2D eigenvalue weighted by molar-refractivity contribution is 7.99. The number of carbonyl (C=O) groups is 2. The molecule has 0 atom stereocenters. The highest BCUT2D eigenvalue weighted by Gasteiger charge is 2.10. The molecule has 0 aliphatic heterocycles. The van der Waals surface area contributed by atoms with Crippen molar-refractivity contribution in [3.05, 3.63) is 58.6 Å². The van der Waals surface area contributed by atoms with E-state index in [0.717, 1.165) is 27.5 Å². The predicted molar refractivity (Wildman–Crippen MR) is 107 cm³/mol. The molecule has 26 heavy (non-hydrogen) atoms. The van der Waals surface area contributed by atoms with E-state index in [4.69, 9.17) is 16.3 Å². The van der Waals surface area contributed by atoms with Crippen molar-refractivity contribution in [1.29, 1.82) is 0 Å². The van der Waals surface area contributed by atoms with Crippen molar-refractivity contribution in [3.63, 3.8) is 0 Å². The first-order chi connectivity index (χ1) is 12.5. The van der Waals surface area contributed by atoms with E-state index in [1.807, 2.05) is 56.3 Å². The van der Waals surface area contributed by atoms with Crippen molar-refractivity contribution in [2.24, 2.45) is 0 Å². The molecule has 0 aromatic heterocycles. The molecule has 1 amide bonds. The fourth-order valence-electron chi connectivity index (χ4n) is 2.34. The summed E-state index contributed by atoms with van der Waals surface area (Å²) in [4.78, 5) is 24.8. The maximum absolute atomic E-state index is 12.0. The Morgan fingerprint density at radius 2 is 1.73 bits per heavy atom. The van der Waals surface area contributed by atoms with Crippen LogP contribution in [0.15, 0.2) is 47.4 Å². The van der Waals surface area contributed by atoms with Crippen LogP contribution in [0, 0.1) is 13.8 Å². The molecule has 0 aliphatic carbocycles. The largest absolute Gasteiger partial charge is 0.456 e. The number of esters is 1. The van der Waals surface area contributed by atoms with E-state index in [9.17, 15) is 9.59 Å². The van der Waals surface area contributed by atoms with Gasteiger partial charge in [-0.1, -0.05) is 29.8 Å². The molecule has 2 rings (SSSR count). The van der Waals surface area contributed by atoms with Gasteiger partial charge in [0, 0.05) is 22.0 Å². The van der Waals surface area contributed by atoms with Gasteiger partial charge in [0.2, 0.25) is 0 Å². The summed E-state index contributed by atoms with van der Waals surface area (Å²) < 4.78 is 5.05. The van der Waals surface area contributed by atoms with Crippen molar-refractivity contribution >= 4 is 40.9 Å². The Hall–Kier alpha value is -1.98. The van der Waals surface area contributed by atoms with Gasteiger partial charge in [-0.3, -0.25) is 9.59 Å². The average molecular weight is 392 g/mol. The van der Waals surface area contributed by atoms with Crippen molar-refractivity contribution in [1.82, 2.24) is 0 Å². The van der Waals surface area contributed by atoms with Crippen LogP contribution in [0.1, 0.15) is 24.0 Å². The third kappa shape index (κ3) is 6.73. The molecule has 0 heterocycles. The van der Waals surface area contributed by atoms with E-state index in [1.165, 1.54) is 0 Å². The normalized spacial score (nSPS) is 10.4. The number of benzene rings is 2. The molecule has 0 radical (unpaired) electrons. The van der Waals surface area contributed by atoms with E-state index in [2.05, 4.69) is 5.32 Å². The summed E-state index contributed by atoms with van der Waals surface area (Å²) in [5.41, 5.74) is 2.72. The predicted octanol–water partition coefficient (Wildman–Crippen LogP) is 5.01. The minimum atomic E-state index is -0.363. The molecule has 1 N–H and O–H groups in total. The minimum Gasteiger partial charge on any atom is -0.456 e. The topological polar surface area (TPSA) is 55.4 Å². The molecule has 0 spiro atoms. The summed E-state index contributed by atoms with van der Waals surface area (Å²) in [6, 6.07) is 13.4. The zero-order valence-corrected chi connectivity index (χ0v) is 16.5. The monoisotopic (exact) mass is 391 g/mol. The molecule has 6 heteroatoms. The van der Waals surface area contributed by atoms with Gasteiger partial charge in [0.25, 0.3) is 5.91 Å². The molecule has 0 bridgehead atoms. The summed E-state index contributed by atoms with van der Waals surface area (Å²) in [5, 5.41) is 3.50. The van der Waals surface area contributed by atoms with Crippen molar-refractivity contribution < 1.29 is 14.3 Å². The summed E-state index contributed by atoms with van der Waals surface area (Å²) in [7, 11) is 0. The molecular weight excluding hydrogens is 370 g/mol. The van der Waals surface area contributed by atoms with E-state index < -0.39 is 0 Å². The number of hydrogen-bond acceptors (Lipinski definition) is 4. The van der Waals surface area contributed by atoms with Crippen LogP contribution < -0.4 is 5.32 Å². The van der Waals surface area contributed by atoms with Crippen molar-refractivity contribution in [2.45, 2.75) is 31.6 Å². The average Bonchev–Trinajstić information content (AvgIpc) is 2.62. The van der Waals surface area contributed by atoms with Crippen LogP contribution >= 0.6 is 23.4 Å². The van der Waals surface area contributed by atoms with Crippen LogP contribution in [-0.4, -0.2) is 24.2 Å². The summed E-state index contributed by atoms with van der Waals surface area (Å²) in [6.45, 7) is 3.58. The Balaban J connectivity index is 1.65. The standard InChI is InChI=1S/C20H22ClNO3S/c1-14-5-3-6-15(2)20(14)22-18(23)13-25-19(24)7-4-12-26-17-10-8-16(21)9-11-17/h3,5-6,8-11H,4,7,12-13H2,1-2H3,(H,22,23). The summed E-state index contributed by atoms with van der Waals surface area (Å²) in [5.74, 6) is 0.107. The number of thioether (sulfide) groups is 1. The smallest absolute Gasteiger partial charge is 0.306 e. The number of amides is 1. The number of halogens is 1. The first-order valence-electron chi connectivity index (χ1n) is 8.36. The second-order valence-corrected chi connectivity index (χ2v) is 7.49. The van der Waals surface area contributed by atoms with Gasteiger partial charge in [0.05, 0.1) is 0 Å². The fourth-order valence-corrected chi connectivity index (χ4v) is 3.32. The molecular formula is C20H22ClNO3S. The Bertz CT molecular complexity index is 742. The van der Waals surface area contributed by atoms with E-state index in [1.54, 1.807) is 11.8 Å². The third-order valence-corrected chi connectivity index (χ3v) is 5.07. The van der Waals surface area contributed by atoms with Gasteiger partial charge >= 0.3 is 5.97 Å². The third-order valence-electron chi connectivity index (χ3n) is 3.72. The molecule has 0 unspecified atom stereocenters. The minimum absolute atomic E-state index is 0.267. The zero-order valence-electron chi connectivity index (χ0n) is 14.9. The van der Waals surface area contributed by atoms with E-state index in [-0.39, 0.29) is 24.9 Å². The van der Waals surface area contributed by atoms with Crippen LogP contribution in [0.4, 0.5) is 5.69 Å². The lowest BCUT2D eigenvalue weighted by Gasteiger charge is -2.11. The van der Waals surface area contributed by atoms with Crippen LogP contribution in [0.2, 0.25) is 5.02 Å². The number of aryl methyl sites for hydroxylation is 2. The van der Waals surface area contributed by atoms with Gasteiger partial charge in [-0.15, -0.1) is 11.8 Å². The Labute approximate surface area is 163 Å². The fraction of sp³-hybridized carbons (Fsp3) is 0.300.